The Morgan fingerprint density at radius 2 is 1.43 bits per heavy atom. The van der Waals surface area contributed by atoms with Gasteiger partial charge in [0.15, 0.2) is 0 Å². The summed E-state index contributed by atoms with van der Waals surface area (Å²) in [6.45, 7) is 17.5. The van der Waals surface area contributed by atoms with Crippen LogP contribution in [0.2, 0.25) is 0 Å². The Morgan fingerprint density at radius 1 is 0.826 bits per heavy atom. The van der Waals surface area contributed by atoms with Gasteiger partial charge in [0.1, 0.15) is 0 Å². The molecule has 0 spiro atoms. The van der Waals surface area contributed by atoms with Crippen LogP contribution in [0.1, 0.15) is 86.5 Å². The Balaban J connectivity index is 4.59. The molecule has 0 amide bonds. The van der Waals surface area contributed by atoms with Crippen LogP contribution in [0.15, 0.2) is 47.6 Å². The topological polar surface area (TPSA) is 0 Å². The summed E-state index contributed by atoms with van der Waals surface area (Å²) in [5.41, 5.74) is 4.61. The van der Waals surface area contributed by atoms with E-state index in [0.29, 0.717) is 0 Å². The number of hydrogen-bond acceptors (Lipinski definition) is 0. The maximum atomic E-state index is 3.91. The zero-order valence-electron chi connectivity index (χ0n) is 16.6. The van der Waals surface area contributed by atoms with Crippen molar-refractivity contribution < 1.29 is 0 Å². The fourth-order valence-corrected chi connectivity index (χ4v) is 2.69. The Morgan fingerprint density at radius 3 is 1.96 bits per heavy atom. The Hall–Kier alpha value is -1.04. The fraction of sp³-hybridized carbons (Fsp3) is 0.652. The van der Waals surface area contributed by atoms with Crippen molar-refractivity contribution in [2.45, 2.75) is 86.5 Å². The smallest absolute Gasteiger partial charge is 0.0141 e. The van der Waals surface area contributed by atoms with Gasteiger partial charge < -0.3 is 0 Å². The largest absolute Gasteiger partial charge is 0.103 e. The van der Waals surface area contributed by atoms with Gasteiger partial charge >= 0.3 is 0 Å². The molecule has 0 radical (unpaired) electrons. The Bertz CT molecular complexity index is 398. The van der Waals surface area contributed by atoms with Gasteiger partial charge in [0.05, 0.1) is 0 Å². The van der Waals surface area contributed by atoms with Gasteiger partial charge in [-0.3, -0.25) is 0 Å². The molecule has 0 N–H and O–H groups in total. The molecule has 0 heterocycles. The highest BCUT2D eigenvalue weighted by molar-refractivity contribution is 5.11. The highest BCUT2D eigenvalue weighted by Gasteiger charge is 2.03. The molecule has 0 aromatic rings. The first-order chi connectivity index (χ1) is 10.8. The lowest BCUT2D eigenvalue weighted by Crippen LogP contribution is -1.94. The molecule has 23 heavy (non-hydrogen) atoms. The van der Waals surface area contributed by atoms with Crippen LogP contribution in [0.5, 0.6) is 0 Å². The van der Waals surface area contributed by atoms with Crippen LogP contribution in [0.4, 0.5) is 0 Å². The second kappa shape index (κ2) is 13.4. The molecule has 0 heteroatoms. The molecule has 0 saturated carbocycles. The van der Waals surface area contributed by atoms with Gasteiger partial charge in [-0.15, -0.1) is 6.58 Å². The molecular formula is C23H40. The Labute approximate surface area is 146 Å². The van der Waals surface area contributed by atoms with Crippen LogP contribution >= 0.6 is 0 Å². The molecule has 0 aliphatic rings. The van der Waals surface area contributed by atoms with E-state index in [0.717, 1.165) is 24.7 Å². The van der Waals surface area contributed by atoms with E-state index in [4.69, 9.17) is 0 Å². The molecule has 0 atom stereocenters. The average Bonchev–Trinajstić information content (AvgIpc) is 2.43. The van der Waals surface area contributed by atoms with E-state index in [-0.39, 0.29) is 0 Å². The molecule has 0 aliphatic heterocycles. The number of hydrogen-bond donors (Lipinski definition) is 0. The lowest BCUT2D eigenvalue weighted by Gasteiger charge is -2.11. The van der Waals surface area contributed by atoms with Gasteiger partial charge in [-0.25, -0.2) is 0 Å². The third kappa shape index (κ3) is 14.3. The second-order valence-corrected chi connectivity index (χ2v) is 7.80. The third-order valence-electron chi connectivity index (χ3n) is 3.87. The van der Waals surface area contributed by atoms with E-state index in [9.17, 15) is 0 Å². The molecule has 0 bridgehead atoms. The molecule has 0 saturated heterocycles. The summed E-state index contributed by atoms with van der Waals surface area (Å²) in [4.78, 5) is 0. The van der Waals surface area contributed by atoms with Gasteiger partial charge in [0, 0.05) is 0 Å². The zero-order chi connectivity index (χ0) is 17.7. The normalized spacial score (nSPS) is 12.9. The predicted molar refractivity (Wildman–Crippen MR) is 108 cm³/mol. The minimum atomic E-state index is 0.753. The third-order valence-corrected chi connectivity index (χ3v) is 3.87. The standard InChI is InChI=1S/C23H40/c1-8-11-22(13-9-12-19(2)3)14-10-15-23(18-21(6)7)17-16-20(4)5/h8,12,14,17,20-21H,1,9-11,13,15-16,18H2,2-7H3/b22-14+,23-17-. The predicted octanol–water partition coefficient (Wildman–Crippen LogP) is 8.03. The molecule has 0 aromatic carbocycles. The van der Waals surface area contributed by atoms with Crippen LogP contribution in [0.25, 0.3) is 0 Å². The van der Waals surface area contributed by atoms with Crippen molar-refractivity contribution in [3.05, 3.63) is 47.6 Å². The van der Waals surface area contributed by atoms with Crippen LogP contribution < -0.4 is 0 Å². The molecular weight excluding hydrogens is 276 g/mol. The van der Waals surface area contributed by atoms with E-state index in [2.05, 4.69) is 66.3 Å². The van der Waals surface area contributed by atoms with E-state index in [1.165, 1.54) is 37.7 Å². The molecule has 0 nitrogen and oxygen atoms in total. The first-order valence-electron chi connectivity index (χ1n) is 9.45. The van der Waals surface area contributed by atoms with E-state index < -0.39 is 0 Å². The van der Waals surface area contributed by atoms with Gasteiger partial charge in [-0.2, -0.15) is 0 Å². The summed E-state index contributed by atoms with van der Waals surface area (Å²) >= 11 is 0. The van der Waals surface area contributed by atoms with Crippen molar-refractivity contribution in [3.63, 3.8) is 0 Å². The maximum Gasteiger partial charge on any atom is -0.0141 e. The maximum absolute atomic E-state index is 3.91. The van der Waals surface area contributed by atoms with Gasteiger partial charge in [-0.1, -0.05) is 68.7 Å². The molecule has 0 aliphatic carbocycles. The molecule has 0 unspecified atom stereocenters. The molecule has 132 valence electrons. The number of allylic oxidation sites excluding steroid dienone is 7. The summed E-state index contributed by atoms with van der Waals surface area (Å²) < 4.78 is 0. The molecule has 0 rings (SSSR count). The molecule has 0 fully saturated rings. The summed E-state index contributed by atoms with van der Waals surface area (Å²) in [5.74, 6) is 1.51. The van der Waals surface area contributed by atoms with Gasteiger partial charge in [0.25, 0.3) is 0 Å². The number of rotatable bonds is 12. The van der Waals surface area contributed by atoms with Crippen molar-refractivity contribution >= 4 is 0 Å². The zero-order valence-corrected chi connectivity index (χ0v) is 16.6. The summed E-state index contributed by atoms with van der Waals surface area (Å²) in [6.07, 6.45) is 17.5. The minimum Gasteiger partial charge on any atom is -0.103 e. The van der Waals surface area contributed by atoms with Crippen LogP contribution in [-0.4, -0.2) is 0 Å². The second-order valence-electron chi connectivity index (χ2n) is 7.80. The van der Waals surface area contributed by atoms with Crippen molar-refractivity contribution in [1.29, 1.82) is 0 Å². The SMILES string of the molecule is C=CC/C(=C\CC/C(=C/CC(C)C)CC(C)C)CCC=C(C)C. The fourth-order valence-electron chi connectivity index (χ4n) is 2.69. The van der Waals surface area contributed by atoms with Crippen LogP contribution in [0.3, 0.4) is 0 Å². The summed E-state index contributed by atoms with van der Waals surface area (Å²) in [6, 6.07) is 0. The summed E-state index contributed by atoms with van der Waals surface area (Å²) in [7, 11) is 0. The van der Waals surface area contributed by atoms with E-state index in [1.54, 1.807) is 11.1 Å². The lowest BCUT2D eigenvalue weighted by atomic mass is 9.95. The van der Waals surface area contributed by atoms with Crippen molar-refractivity contribution in [1.82, 2.24) is 0 Å². The first-order valence-corrected chi connectivity index (χ1v) is 9.45. The summed E-state index contributed by atoms with van der Waals surface area (Å²) in [5, 5.41) is 0. The minimum absolute atomic E-state index is 0.753. The molecule has 0 aromatic heterocycles. The van der Waals surface area contributed by atoms with Crippen LogP contribution in [0, 0.1) is 11.8 Å². The Kier molecular flexibility index (Phi) is 12.8. The monoisotopic (exact) mass is 316 g/mol. The average molecular weight is 317 g/mol. The van der Waals surface area contributed by atoms with Crippen molar-refractivity contribution in [2.24, 2.45) is 11.8 Å². The highest BCUT2D eigenvalue weighted by atomic mass is 14.1. The highest BCUT2D eigenvalue weighted by Crippen LogP contribution is 2.21. The lowest BCUT2D eigenvalue weighted by molar-refractivity contribution is 0.609. The quantitative estimate of drug-likeness (QED) is 0.320. The van der Waals surface area contributed by atoms with Crippen molar-refractivity contribution in [2.75, 3.05) is 0 Å². The van der Waals surface area contributed by atoms with E-state index >= 15 is 0 Å². The van der Waals surface area contributed by atoms with Gasteiger partial charge in [0.2, 0.25) is 0 Å². The first kappa shape index (κ1) is 22.0. The van der Waals surface area contributed by atoms with Gasteiger partial charge in [-0.05, 0) is 70.6 Å². The van der Waals surface area contributed by atoms with Crippen molar-refractivity contribution in [3.8, 4) is 0 Å². The van der Waals surface area contributed by atoms with Crippen LogP contribution in [-0.2, 0) is 0 Å². The van der Waals surface area contributed by atoms with E-state index in [1.807, 2.05) is 6.08 Å².